The van der Waals surface area contributed by atoms with Gasteiger partial charge in [0.1, 0.15) is 11.6 Å². The predicted octanol–water partition coefficient (Wildman–Crippen LogP) is 4.94. The molecule has 0 saturated carbocycles. The van der Waals surface area contributed by atoms with Crippen LogP contribution in [0.4, 0.5) is 5.82 Å². The van der Waals surface area contributed by atoms with E-state index in [1.165, 1.54) is 0 Å². The average molecular weight is 340 g/mol. The van der Waals surface area contributed by atoms with E-state index in [4.69, 9.17) is 0 Å². The summed E-state index contributed by atoms with van der Waals surface area (Å²) in [6, 6.07) is 7.23. The maximum absolute atomic E-state index is 12.7. The number of rotatable bonds is 2. The highest BCUT2D eigenvalue weighted by atomic mass is 16.3. The summed E-state index contributed by atoms with van der Waals surface area (Å²) < 4.78 is 0. The topological polar surface area (TPSA) is 62.2 Å². The zero-order chi connectivity index (χ0) is 19.0. The number of aryl methyl sites for hydroxylation is 1. The minimum absolute atomic E-state index is 0.229. The number of aromatic nitrogens is 1. The number of aromatic hydroxyl groups is 1. The van der Waals surface area contributed by atoms with Gasteiger partial charge in [-0.05, 0) is 41.5 Å². The fraction of sp³-hybridized carbons (Fsp3) is 0.429. The highest BCUT2D eigenvalue weighted by molar-refractivity contribution is 6.04. The van der Waals surface area contributed by atoms with E-state index in [-0.39, 0.29) is 22.5 Å². The van der Waals surface area contributed by atoms with Gasteiger partial charge >= 0.3 is 0 Å². The maximum Gasteiger partial charge on any atom is 0.256 e. The molecule has 4 nitrogen and oxygen atoms in total. The first-order valence-electron chi connectivity index (χ1n) is 8.51. The van der Waals surface area contributed by atoms with Crippen LogP contribution in [-0.2, 0) is 10.8 Å². The number of phenols is 1. The zero-order valence-electron chi connectivity index (χ0n) is 16.2. The van der Waals surface area contributed by atoms with Crippen molar-refractivity contribution in [1.82, 2.24) is 4.98 Å². The Bertz CT molecular complexity index is 744. The molecular formula is C21H28N2O2. The summed E-state index contributed by atoms with van der Waals surface area (Å²) >= 11 is 0. The molecule has 2 aromatic rings. The largest absolute Gasteiger partial charge is 0.507 e. The van der Waals surface area contributed by atoms with Crippen molar-refractivity contribution in [2.75, 3.05) is 5.32 Å². The Labute approximate surface area is 150 Å². The standard InChI is InChI=1S/C21H28N2O2/c1-13-8-9-17(22-12-13)23-19(25)14-10-15(20(2,3)4)18(24)16(11-14)21(5,6)7/h8-12,24H,1-7H3,(H,22,23,25). The third kappa shape index (κ3) is 4.38. The molecule has 0 unspecified atom stereocenters. The molecule has 1 heterocycles. The summed E-state index contributed by atoms with van der Waals surface area (Å²) in [5, 5.41) is 13.6. The van der Waals surface area contributed by atoms with E-state index >= 15 is 0 Å². The van der Waals surface area contributed by atoms with Gasteiger partial charge in [-0.2, -0.15) is 0 Å². The minimum Gasteiger partial charge on any atom is -0.507 e. The van der Waals surface area contributed by atoms with Gasteiger partial charge in [-0.1, -0.05) is 47.6 Å². The van der Waals surface area contributed by atoms with Crippen LogP contribution in [0.1, 0.15) is 68.6 Å². The Morgan fingerprint density at radius 2 is 1.52 bits per heavy atom. The third-order valence-electron chi connectivity index (χ3n) is 4.14. The van der Waals surface area contributed by atoms with Crippen molar-refractivity contribution in [3.63, 3.8) is 0 Å². The second-order valence-corrected chi connectivity index (χ2v) is 8.59. The molecule has 25 heavy (non-hydrogen) atoms. The van der Waals surface area contributed by atoms with Gasteiger partial charge in [-0.3, -0.25) is 4.79 Å². The molecule has 0 radical (unpaired) electrons. The first kappa shape index (κ1) is 19.0. The molecule has 1 amide bonds. The Morgan fingerprint density at radius 3 is 1.92 bits per heavy atom. The number of carbonyl (C=O) groups is 1. The number of nitrogens with zero attached hydrogens (tertiary/aromatic N) is 1. The van der Waals surface area contributed by atoms with Crippen molar-refractivity contribution >= 4 is 11.7 Å². The van der Waals surface area contributed by atoms with Crippen molar-refractivity contribution in [2.45, 2.75) is 59.3 Å². The lowest BCUT2D eigenvalue weighted by atomic mass is 9.78. The van der Waals surface area contributed by atoms with Crippen LogP contribution in [0.5, 0.6) is 5.75 Å². The summed E-state index contributed by atoms with van der Waals surface area (Å²) in [5.41, 5.74) is 2.54. The highest BCUT2D eigenvalue weighted by Crippen LogP contribution is 2.39. The minimum atomic E-state index is -0.275. The zero-order valence-corrected chi connectivity index (χ0v) is 16.2. The number of carbonyl (C=O) groups excluding carboxylic acids is 1. The van der Waals surface area contributed by atoms with Crippen LogP contribution in [0.25, 0.3) is 0 Å². The molecule has 134 valence electrons. The lowest BCUT2D eigenvalue weighted by Gasteiger charge is -2.28. The molecule has 0 aliphatic carbocycles. The molecule has 0 bridgehead atoms. The maximum atomic E-state index is 12.7. The SMILES string of the molecule is Cc1ccc(NC(=O)c2cc(C(C)(C)C)c(O)c(C(C)(C)C)c2)nc1. The molecule has 2 rings (SSSR count). The molecule has 1 aromatic heterocycles. The van der Waals surface area contributed by atoms with Crippen molar-refractivity contribution in [3.05, 3.63) is 52.7 Å². The summed E-state index contributed by atoms with van der Waals surface area (Å²) in [6.45, 7) is 14.1. The third-order valence-corrected chi connectivity index (χ3v) is 4.14. The van der Waals surface area contributed by atoms with Gasteiger partial charge < -0.3 is 10.4 Å². The molecule has 1 aromatic carbocycles. The average Bonchev–Trinajstić information content (AvgIpc) is 2.47. The van der Waals surface area contributed by atoms with Crippen LogP contribution in [0.2, 0.25) is 0 Å². The first-order chi connectivity index (χ1) is 11.4. The molecule has 2 N–H and O–H groups in total. The number of hydrogen-bond acceptors (Lipinski definition) is 3. The van der Waals surface area contributed by atoms with Gasteiger partial charge in [0.15, 0.2) is 0 Å². The van der Waals surface area contributed by atoms with Crippen LogP contribution in [0, 0.1) is 6.92 Å². The van der Waals surface area contributed by atoms with E-state index in [2.05, 4.69) is 10.3 Å². The summed E-state index contributed by atoms with van der Waals surface area (Å²) in [5.74, 6) is 0.552. The number of anilines is 1. The molecule has 4 heteroatoms. The van der Waals surface area contributed by atoms with E-state index < -0.39 is 0 Å². The number of nitrogens with one attached hydrogen (secondary N) is 1. The number of pyridine rings is 1. The van der Waals surface area contributed by atoms with E-state index in [1.54, 1.807) is 24.4 Å². The molecule has 0 aliphatic heterocycles. The van der Waals surface area contributed by atoms with Crippen LogP contribution in [-0.4, -0.2) is 16.0 Å². The first-order valence-corrected chi connectivity index (χ1v) is 8.51. The second kappa shape index (κ2) is 6.51. The van der Waals surface area contributed by atoms with Gasteiger partial charge in [0.25, 0.3) is 5.91 Å². The van der Waals surface area contributed by atoms with Crippen molar-refractivity contribution < 1.29 is 9.90 Å². The summed E-state index contributed by atoms with van der Waals surface area (Å²) in [4.78, 5) is 17.0. The monoisotopic (exact) mass is 340 g/mol. The van der Waals surface area contributed by atoms with Gasteiger partial charge in [-0.15, -0.1) is 0 Å². The molecule has 0 fully saturated rings. The van der Waals surface area contributed by atoms with Crippen molar-refractivity contribution in [2.24, 2.45) is 0 Å². The molecule has 0 aliphatic rings. The van der Waals surface area contributed by atoms with Crippen LogP contribution in [0.15, 0.2) is 30.5 Å². The number of benzene rings is 1. The lowest BCUT2D eigenvalue weighted by Crippen LogP contribution is -2.21. The van der Waals surface area contributed by atoms with Gasteiger partial charge in [0.05, 0.1) is 0 Å². The second-order valence-electron chi connectivity index (χ2n) is 8.59. The van der Waals surface area contributed by atoms with Crippen LogP contribution >= 0.6 is 0 Å². The Morgan fingerprint density at radius 1 is 1.00 bits per heavy atom. The Kier molecular flexibility index (Phi) is 4.94. The molecule has 0 saturated heterocycles. The fourth-order valence-electron chi connectivity index (χ4n) is 2.64. The Hall–Kier alpha value is -2.36. The number of phenolic OH excluding ortho intramolecular Hbond substituents is 1. The lowest BCUT2D eigenvalue weighted by molar-refractivity contribution is 0.102. The smallest absolute Gasteiger partial charge is 0.256 e. The van der Waals surface area contributed by atoms with E-state index in [1.807, 2.05) is 54.5 Å². The fourth-order valence-corrected chi connectivity index (χ4v) is 2.64. The van der Waals surface area contributed by atoms with Crippen LogP contribution in [0.3, 0.4) is 0 Å². The van der Waals surface area contributed by atoms with Crippen molar-refractivity contribution in [3.8, 4) is 5.75 Å². The van der Waals surface area contributed by atoms with Gasteiger partial charge in [0.2, 0.25) is 0 Å². The van der Waals surface area contributed by atoms with Gasteiger partial charge in [-0.25, -0.2) is 4.98 Å². The Balaban J connectivity index is 2.49. The number of hydrogen-bond donors (Lipinski definition) is 2. The number of amides is 1. The quantitative estimate of drug-likeness (QED) is 0.813. The van der Waals surface area contributed by atoms with Crippen molar-refractivity contribution in [1.29, 1.82) is 0 Å². The predicted molar refractivity (Wildman–Crippen MR) is 102 cm³/mol. The van der Waals surface area contributed by atoms with Gasteiger partial charge in [0, 0.05) is 22.9 Å². The van der Waals surface area contributed by atoms with E-state index in [0.29, 0.717) is 11.4 Å². The highest BCUT2D eigenvalue weighted by Gasteiger charge is 2.27. The molecule has 0 atom stereocenters. The summed E-state index contributed by atoms with van der Waals surface area (Å²) in [6.07, 6.45) is 1.72. The normalized spacial score (nSPS) is 12.1. The summed E-state index contributed by atoms with van der Waals surface area (Å²) in [7, 11) is 0. The van der Waals surface area contributed by atoms with E-state index in [9.17, 15) is 9.90 Å². The van der Waals surface area contributed by atoms with Crippen LogP contribution < -0.4 is 5.32 Å². The molecule has 0 spiro atoms. The molecular weight excluding hydrogens is 312 g/mol. The van der Waals surface area contributed by atoms with E-state index in [0.717, 1.165) is 16.7 Å².